The first-order valence-corrected chi connectivity index (χ1v) is 5.11. The fourth-order valence-corrected chi connectivity index (χ4v) is 1.29. The fourth-order valence-electron chi connectivity index (χ4n) is 1.29. The van der Waals surface area contributed by atoms with Gasteiger partial charge in [0, 0.05) is 19.5 Å². The summed E-state index contributed by atoms with van der Waals surface area (Å²) in [6.07, 6.45) is 0.318. The van der Waals surface area contributed by atoms with Crippen LogP contribution in [0.4, 0.5) is 0 Å². The summed E-state index contributed by atoms with van der Waals surface area (Å²) in [5, 5.41) is 17.5. The molecular formula is C10H19NO4. The summed E-state index contributed by atoms with van der Waals surface area (Å²) in [7, 11) is 0. The molecule has 0 heterocycles. The Hall–Kier alpha value is -0.940. The molecule has 0 aliphatic heterocycles. The molecule has 0 aliphatic rings. The van der Waals surface area contributed by atoms with Crippen molar-refractivity contribution in [1.82, 2.24) is 4.90 Å². The molecule has 0 aromatic carbocycles. The van der Waals surface area contributed by atoms with Crippen molar-refractivity contribution in [2.24, 2.45) is 5.92 Å². The largest absolute Gasteiger partial charge is 0.395 e. The van der Waals surface area contributed by atoms with Gasteiger partial charge in [-0.1, -0.05) is 6.92 Å². The summed E-state index contributed by atoms with van der Waals surface area (Å²) in [4.78, 5) is 24.3. The molecule has 0 bridgehead atoms. The van der Waals surface area contributed by atoms with Gasteiger partial charge in [0.15, 0.2) is 0 Å². The monoisotopic (exact) mass is 217 g/mol. The van der Waals surface area contributed by atoms with E-state index in [2.05, 4.69) is 0 Å². The van der Waals surface area contributed by atoms with Gasteiger partial charge in [0.2, 0.25) is 5.91 Å². The Kier molecular flexibility index (Phi) is 6.90. The lowest BCUT2D eigenvalue weighted by Gasteiger charge is -2.23. The molecule has 0 saturated carbocycles. The number of carbonyl (C=O) groups is 2. The van der Waals surface area contributed by atoms with Crippen LogP contribution in [0.3, 0.4) is 0 Å². The smallest absolute Gasteiger partial charge is 0.233 e. The number of amides is 1. The molecule has 1 amide bonds. The fraction of sp³-hybridized carbons (Fsp3) is 0.800. The maximum atomic E-state index is 11.7. The molecular weight excluding hydrogens is 198 g/mol. The van der Waals surface area contributed by atoms with Gasteiger partial charge in [0.25, 0.3) is 0 Å². The lowest BCUT2D eigenvalue weighted by molar-refractivity contribution is -0.141. The maximum absolute atomic E-state index is 11.7. The van der Waals surface area contributed by atoms with Gasteiger partial charge in [-0.2, -0.15) is 0 Å². The number of nitrogens with zero attached hydrogens (tertiary/aromatic N) is 1. The Balaban J connectivity index is 4.40. The summed E-state index contributed by atoms with van der Waals surface area (Å²) < 4.78 is 0. The van der Waals surface area contributed by atoms with Crippen molar-refractivity contribution in [3.63, 3.8) is 0 Å². The number of aliphatic hydroxyl groups excluding tert-OH is 2. The van der Waals surface area contributed by atoms with Crippen LogP contribution < -0.4 is 0 Å². The van der Waals surface area contributed by atoms with Crippen LogP contribution in [0.2, 0.25) is 0 Å². The summed E-state index contributed by atoms with van der Waals surface area (Å²) in [6, 6.07) is 0. The highest BCUT2D eigenvalue weighted by Gasteiger charge is 2.24. The van der Waals surface area contributed by atoms with Gasteiger partial charge in [-0.3, -0.25) is 9.59 Å². The van der Waals surface area contributed by atoms with Crippen LogP contribution in [-0.2, 0) is 9.59 Å². The second-order valence-corrected chi connectivity index (χ2v) is 3.31. The van der Waals surface area contributed by atoms with E-state index in [0.717, 1.165) is 0 Å². The maximum Gasteiger partial charge on any atom is 0.233 e. The van der Waals surface area contributed by atoms with E-state index in [4.69, 9.17) is 10.2 Å². The first-order chi connectivity index (χ1) is 7.08. The number of hydrogen-bond donors (Lipinski definition) is 2. The van der Waals surface area contributed by atoms with E-state index in [1.54, 1.807) is 13.8 Å². The minimum atomic E-state index is -0.687. The van der Waals surface area contributed by atoms with Crippen LogP contribution in [-0.4, -0.2) is 53.1 Å². The second-order valence-electron chi connectivity index (χ2n) is 3.31. The number of ketones is 1. The average Bonchev–Trinajstić information content (AvgIpc) is 2.25. The molecule has 0 aromatic heterocycles. The first kappa shape index (κ1) is 14.1. The normalized spacial score (nSPS) is 12.3. The van der Waals surface area contributed by atoms with E-state index in [-0.39, 0.29) is 38.0 Å². The molecule has 0 rings (SSSR count). The van der Waals surface area contributed by atoms with Gasteiger partial charge in [-0.15, -0.1) is 0 Å². The van der Waals surface area contributed by atoms with Gasteiger partial charge in [0.1, 0.15) is 5.78 Å². The SMILES string of the molecule is CCC(=O)C(C)C(=O)N(CCO)CCO. The van der Waals surface area contributed by atoms with Crippen molar-refractivity contribution in [1.29, 1.82) is 0 Å². The van der Waals surface area contributed by atoms with Gasteiger partial charge >= 0.3 is 0 Å². The first-order valence-electron chi connectivity index (χ1n) is 5.11. The Morgan fingerprint density at radius 3 is 2.00 bits per heavy atom. The molecule has 1 unspecified atom stereocenters. The molecule has 0 spiro atoms. The lowest BCUT2D eigenvalue weighted by Crippen LogP contribution is -2.41. The summed E-state index contributed by atoms with van der Waals surface area (Å²) in [6.45, 7) is 3.23. The van der Waals surface area contributed by atoms with Crippen molar-refractivity contribution < 1.29 is 19.8 Å². The molecule has 15 heavy (non-hydrogen) atoms. The quantitative estimate of drug-likeness (QED) is 0.559. The third kappa shape index (κ3) is 4.40. The van der Waals surface area contributed by atoms with Crippen molar-refractivity contribution in [2.75, 3.05) is 26.3 Å². The zero-order chi connectivity index (χ0) is 11.8. The molecule has 0 aromatic rings. The number of rotatable bonds is 7. The van der Waals surface area contributed by atoms with E-state index >= 15 is 0 Å². The molecule has 0 saturated heterocycles. The predicted molar refractivity (Wildman–Crippen MR) is 55.2 cm³/mol. The van der Waals surface area contributed by atoms with E-state index < -0.39 is 5.92 Å². The van der Waals surface area contributed by atoms with Crippen LogP contribution in [0.1, 0.15) is 20.3 Å². The van der Waals surface area contributed by atoms with E-state index in [1.807, 2.05) is 0 Å². The molecule has 0 aliphatic carbocycles. The van der Waals surface area contributed by atoms with Gasteiger partial charge in [-0.25, -0.2) is 0 Å². The van der Waals surface area contributed by atoms with Gasteiger partial charge < -0.3 is 15.1 Å². The van der Waals surface area contributed by atoms with Crippen LogP contribution in [0.25, 0.3) is 0 Å². The van der Waals surface area contributed by atoms with Crippen LogP contribution in [0, 0.1) is 5.92 Å². The molecule has 0 fully saturated rings. The molecule has 2 N–H and O–H groups in total. The number of Topliss-reactive ketones (excluding diaryl/α,β-unsaturated/α-hetero) is 1. The predicted octanol–water partition coefficient (Wildman–Crippen LogP) is -0.585. The molecule has 5 heteroatoms. The molecule has 88 valence electrons. The zero-order valence-electron chi connectivity index (χ0n) is 9.27. The minimum Gasteiger partial charge on any atom is -0.395 e. The Morgan fingerprint density at radius 1 is 1.20 bits per heavy atom. The second kappa shape index (κ2) is 7.36. The average molecular weight is 217 g/mol. The summed E-state index contributed by atoms with van der Waals surface area (Å²) >= 11 is 0. The van der Waals surface area contributed by atoms with Crippen molar-refractivity contribution in [2.45, 2.75) is 20.3 Å². The molecule has 5 nitrogen and oxygen atoms in total. The highest BCUT2D eigenvalue weighted by atomic mass is 16.3. The minimum absolute atomic E-state index is 0.124. The summed E-state index contributed by atoms with van der Waals surface area (Å²) in [5.74, 6) is -1.14. The van der Waals surface area contributed by atoms with E-state index in [9.17, 15) is 9.59 Å². The third-order valence-electron chi connectivity index (χ3n) is 2.25. The van der Waals surface area contributed by atoms with E-state index in [0.29, 0.717) is 6.42 Å². The van der Waals surface area contributed by atoms with Crippen LogP contribution in [0.15, 0.2) is 0 Å². The number of aliphatic hydroxyl groups is 2. The van der Waals surface area contributed by atoms with Crippen molar-refractivity contribution in [3.05, 3.63) is 0 Å². The Labute approximate surface area is 89.7 Å². The molecule has 1 atom stereocenters. The number of carbonyl (C=O) groups excluding carboxylic acids is 2. The topological polar surface area (TPSA) is 77.8 Å². The van der Waals surface area contributed by atoms with Crippen molar-refractivity contribution >= 4 is 11.7 Å². The number of hydrogen-bond acceptors (Lipinski definition) is 4. The standard InChI is InChI=1S/C10H19NO4/c1-3-9(14)8(2)10(15)11(4-6-12)5-7-13/h8,12-13H,3-7H2,1-2H3. The van der Waals surface area contributed by atoms with Crippen molar-refractivity contribution in [3.8, 4) is 0 Å². The highest BCUT2D eigenvalue weighted by Crippen LogP contribution is 2.06. The van der Waals surface area contributed by atoms with Gasteiger partial charge in [0.05, 0.1) is 19.1 Å². The van der Waals surface area contributed by atoms with Crippen LogP contribution in [0.5, 0.6) is 0 Å². The third-order valence-corrected chi connectivity index (χ3v) is 2.25. The molecule has 0 radical (unpaired) electrons. The van der Waals surface area contributed by atoms with Crippen LogP contribution >= 0.6 is 0 Å². The highest BCUT2D eigenvalue weighted by molar-refractivity contribution is 6.00. The Bertz CT molecular complexity index is 211. The zero-order valence-corrected chi connectivity index (χ0v) is 9.27. The lowest BCUT2D eigenvalue weighted by atomic mass is 10.0. The van der Waals surface area contributed by atoms with E-state index in [1.165, 1.54) is 4.90 Å². The summed E-state index contributed by atoms with van der Waals surface area (Å²) in [5.41, 5.74) is 0. The van der Waals surface area contributed by atoms with Gasteiger partial charge in [-0.05, 0) is 6.92 Å². The Morgan fingerprint density at radius 2 is 1.67 bits per heavy atom.